The summed E-state index contributed by atoms with van der Waals surface area (Å²) in [5.74, 6) is 5.55. The molecule has 0 aromatic heterocycles. The Morgan fingerprint density at radius 3 is 1.28 bits per heavy atom. The molecule has 0 aliphatic carbocycles. The highest BCUT2D eigenvalue weighted by molar-refractivity contribution is 5.74. The average molecular weight is 1140 g/mol. The number of ether oxygens (including phenoxy) is 8. The zero-order chi connectivity index (χ0) is 59.9. The predicted octanol–water partition coefficient (Wildman–Crippen LogP) is 13.9. The second-order valence-electron chi connectivity index (χ2n) is 20.2. The van der Waals surface area contributed by atoms with Crippen molar-refractivity contribution in [3.05, 3.63) is 249 Å². The summed E-state index contributed by atoms with van der Waals surface area (Å²) in [6.07, 6.45) is 11.3. The molecule has 85 heavy (non-hydrogen) atoms. The Balaban J connectivity index is 0.000000209. The van der Waals surface area contributed by atoms with Crippen LogP contribution < -0.4 is 48.9 Å². The van der Waals surface area contributed by atoms with E-state index in [9.17, 15) is 4.79 Å². The first-order chi connectivity index (χ1) is 41.5. The van der Waals surface area contributed by atoms with E-state index >= 15 is 0 Å². The van der Waals surface area contributed by atoms with Crippen LogP contribution in [0.5, 0.6) is 46.0 Å². The van der Waals surface area contributed by atoms with Gasteiger partial charge in [-0.2, -0.15) is 0 Å². The number of nitrogens with zero attached hydrogens (tertiary/aromatic N) is 2. The first-order valence-electron chi connectivity index (χ1n) is 28.1. The smallest absolute Gasteiger partial charge is 0.315 e. The maximum Gasteiger partial charge on any atom is 0.315 e. The van der Waals surface area contributed by atoms with Gasteiger partial charge in [-0.15, -0.1) is 0 Å². The van der Waals surface area contributed by atoms with E-state index in [-0.39, 0.29) is 12.1 Å². The van der Waals surface area contributed by atoms with E-state index in [4.69, 9.17) is 48.4 Å². The topological polar surface area (TPSA) is 162 Å². The molecule has 2 unspecified atom stereocenters. The molecule has 3 N–H and O–H groups in total. The van der Waals surface area contributed by atoms with E-state index < -0.39 is 6.03 Å². The van der Waals surface area contributed by atoms with Crippen LogP contribution in [0.4, 0.5) is 4.79 Å². The van der Waals surface area contributed by atoms with Crippen molar-refractivity contribution in [2.75, 3.05) is 48.6 Å². The number of nitrogens with one attached hydrogen (secondary N) is 1. The fraction of sp³-hybridized carbons (Fsp3) is 0.239. The number of fused-ring (bicyclic) bond motifs is 2. The Kier molecular flexibility index (Phi) is 22.4. The van der Waals surface area contributed by atoms with Crippen molar-refractivity contribution in [3.8, 4) is 46.0 Å². The van der Waals surface area contributed by atoms with Gasteiger partial charge in [0.1, 0.15) is 26.4 Å². The van der Waals surface area contributed by atoms with E-state index in [2.05, 4.69) is 71.8 Å². The Labute approximate surface area is 499 Å². The third kappa shape index (κ3) is 16.7. The number of hydrogen-bond acceptors (Lipinski definition) is 12. The molecule has 14 nitrogen and oxygen atoms in total. The van der Waals surface area contributed by atoms with Crippen molar-refractivity contribution >= 4 is 24.3 Å². The highest BCUT2D eigenvalue weighted by atomic mass is 16.5. The third-order valence-corrected chi connectivity index (χ3v) is 14.6. The Morgan fingerprint density at radius 2 is 0.894 bits per heavy atom. The van der Waals surface area contributed by atoms with Crippen LogP contribution >= 0.6 is 0 Å². The summed E-state index contributed by atoms with van der Waals surface area (Å²) in [6, 6.07) is 55.7. The monoisotopic (exact) mass is 1140 g/mol. The van der Waals surface area contributed by atoms with Gasteiger partial charge in [0.2, 0.25) is 6.08 Å². The van der Waals surface area contributed by atoms with Crippen LogP contribution in [0, 0.1) is 13.8 Å². The summed E-state index contributed by atoms with van der Waals surface area (Å²) in [4.78, 5) is 26.0. The van der Waals surface area contributed by atoms with Gasteiger partial charge in [-0.25, -0.2) is 14.6 Å². The molecule has 10 rings (SSSR count). The number of rotatable bonds is 20. The summed E-state index contributed by atoms with van der Waals surface area (Å²) in [5, 5.41) is 3.64. The number of nitrogens with two attached hydrogens (primary N) is 1. The van der Waals surface area contributed by atoms with Crippen LogP contribution in [0.25, 0.3) is 12.2 Å². The summed E-state index contributed by atoms with van der Waals surface area (Å²) in [6.45, 7) is 7.32. The number of methoxy groups -OCH3 is 4. The number of hydrogen-bond donors (Lipinski definition) is 2. The molecular formula is C71H74N4O10. The Morgan fingerprint density at radius 1 is 0.529 bits per heavy atom. The van der Waals surface area contributed by atoms with Crippen molar-refractivity contribution in [1.29, 1.82) is 0 Å². The molecule has 0 radical (unpaired) electrons. The molecule has 2 heterocycles. The molecule has 8 aromatic carbocycles. The average Bonchev–Trinajstić information content (AvgIpc) is 2.74. The molecule has 0 saturated carbocycles. The first kappa shape index (κ1) is 61.3. The normalized spacial score (nSPS) is 14.0. The van der Waals surface area contributed by atoms with Crippen LogP contribution in [-0.2, 0) is 44.1 Å². The fourth-order valence-corrected chi connectivity index (χ4v) is 10.0. The third-order valence-electron chi connectivity index (χ3n) is 14.6. The largest absolute Gasteiger partial charge is 0.493 e. The zero-order valence-corrected chi connectivity index (χ0v) is 49.3. The van der Waals surface area contributed by atoms with Gasteiger partial charge in [0, 0.05) is 20.1 Å². The molecule has 2 atom stereocenters. The Bertz CT molecular complexity index is 3570. The van der Waals surface area contributed by atoms with Gasteiger partial charge >= 0.3 is 6.03 Å². The van der Waals surface area contributed by atoms with Crippen LogP contribution in [-0.4, -0.2) is 65.6 Å². The maximum atomic E-state index is 12.5. The van der Waals surface area contributed by atoms with Gasteiger partial charge < -0.3 is 53.8 Å². The number of aliphatic imine (C=N–C) groups is 1. The summed E-state index contributed by atoms with van der Waals surface area (Å²) < 4.78 is 47.3. The molecular weight excluding hydrogens is 1070 g/mol. The predicted molar refractivity (Wildman–Crippen MR) is 334 cm³/mol. The van der Waals surface area contributed by atoms with E-state index in [0.717, 1.165) is 91.6 Å². The van der Waals surface area contributed by atoms with Crippen LogP contribution in [0.1, 0.15) is 78.8 Å². The van der Waals surface area contributed by atoms with Crippen molar-refractivity contribution in [2.45, 2.75) is 65.2 Å². The fourth-order valence-electron chi connectivity index (χ4n) is 10.0. The highest BCUT2D eigenvalue weighted by Gasteiger charge is 2.30. The second kappa shape index (κ2) is 31.1. The number of urea groups is 1. The number of isocyanates is 1. The van der Waals surface area contributed by atoms with Gasteiger partial charge in [-0.05, 0) is 142 Å². The van der Waals surface area contributed by atoms with Crippen LogP contribution in [0.3, 0.4) is 0 Å². The van der Waals surface area contributed by atoms with E-state index in [0.29, 0.717) is 62.4 Å². The number of benzene rings is 8. The lowest BCUT2D eigenvalue weighted by atomic mass is 9.91. The first-order valence-corrected chi connectivity index (χ1v) is 28.1. The number of carbonyl (C=O) groups excluding carboxylic acids is 2. The number of aryl methyl sites for hydroxylation is 2. The number of carbonyl (C=O) groups is 1. The highest BCUT2D eigenvalue weighted by Crippen LogP contribution is 2.41. The molecule has 438 valence electrons. The summed E-state index contributed by atoms with van der Waals surface area (Å²) in [5.41, 5.74) is 18.9. The Hall–Kier alpha value is -9.75. The van der Waals surface area contributed by atoms with Gasteiger partial charge in [0.15, 0.2) is 46.0 Å². The van der Waals surface area contributed by atoms with Gasteiger partial charge in [-0.3, -0.25) is 0 Å². The molecule has 0 bridgehead atoms. The van der Waals surface area contributed by atoms with Gasteiger partial charge in [-0.1, -0.05) is 146 Å². The molecule has 2 aliphatic heterocycles. The van der Waals surface area contributed by atoms with Crippen molar-refractivity contribution < 1.29 is 47.5 Å². The minimum absolute atomic E-state index is 0.0565. The van der Waals surface area contributed by atoms with Gasteiger partial charge in [0.05, 0.1) is 40.5 Å². The zero-order valence-electron chi connectivity index (χ0n) is 49.3. The number of amides is 2. The van der Waals surface area contributed by atoms with Crippen molar-refractivity contribution in [1.82, 2.24) is 10.2 Å². The molecule has 14 heteroatoms. The number of primary amides is 1. The molecule has 2 aliphatic rings. The van der Waals surface area contributed by atoms with E-state index in [1.165, 1.54) is 24.3 Å². The standard InChI is InChI=1S/C35H36N2O5.C34H35NO4.C2H3NO/c1-24-18-31(39-2)33(41-22-25-10-6-4-7-11-25)19-27(24)14-15-30-29-21-32(40-3)34(42-23-26-12-8-5-9-13-26)20-28(29)16-17-37(30)35(36)38;1-24-18-31(36-2)33(38-22-25-10-6-4-7-11-25)19-27(24)14-15-30-29-21-32(37-3)34(20-28(29)16-17-35-30)39-23-26-12-8-5-9-13-26;1-3-2-4/h4-15,18-21,30H,16-17,22-23H2,1-3H3,(H2,36,38);4-15,18-21,30,35H,16-17,22-23H2,1-3H3;1H3/b2*15-14+;. The minimum atomic E-state index is -0.475. The van der Waals surface area contributed by atoms with E-state index in [1.54, 1.807) is 33.3 Å². The maximum absolute atomic E-state index is 12.5. The lowest BCUT2D eigenvalue weighted by Gasteiger charge is -2.35. The second-order valence-corrected chi connectivity index (χ2v) is 20.2. The van der Waals surface area contributed by atoms with E-state index in [1.807, 2.05) is 146 Å². The minimum Gasteiger partial charge on any atom is -0.493 e. The van der Waals surface area contributed by atoms with Crippen molar-refractivity contribution in [3.63, 3.8) is 0 Å². The van der Waals surface area contributed by atoms with Crippen LogP contribution in [0.2, 0.25) is 0 Å². The van der Waals surface area contributed by atoms with Crippen LogP contribution in [0.15, 0.2) is 187 Å². The van der Waals surface area contributed by atoms with Crippen molar-refractivity contribution in [2.24, 2.45) is 10.7 Å². The molecule has 0 fully saturated rings. The molecule has 0 saturated heterocycles. The van der Waals surface area contributed by atoms with Gasteiger partial charge in [0.25, 0.3) is 0 Å². The summed E-state index contributed by atoms with van der Waals surface area (Å²) >= 11 is 0. The summed E-state index contributed by atoms with van der Waals surface area (Å²) in [7, 11) is 8.00. The molecule has 8 aromatic rings. The lowest BCUT2D eigenvalue weighted by Crippen LogP contribution is -2.42. The lowest BCUT2D eigenvalue weighted by molar-refractivity contribution is 0.191. The quantitative estimate of drug-likeness (QED) is 0.0552. The molecule has 0 spiro atoms. The molecule has 2 amide bonds. The SMILES string of the molecule is CN=C=O.COc1cc(C)c(/C=C/C2NCCc3cc(OCc4ccccc4)c(OC)cc32)cc1OCc1ccccc1.COc1cc(C)c(/C=C/C2c3cc(OC)c(OCc4ccccc4)cc3CCN2C(N)=O)cc1OCc1ccccc1.